The van der Waals surface area contributed by atoms with Crippen molar-refractivity contribution in [1.82, 2.24) is 4.90 Å². The van der Waals surface area contributed by atoms with Gasteiger partial charge in [0.2, 0.25) is 0 Å². The molecule has 0 bridgehead atoms. The van der Waals surface area contributed by atoms with Gasteiger partial charge in [-0.25, -0.2) is 0 Å². The molecule has 0 aliphatic heterocycles. The van der Waals surface area contributed by atoms with Gasteiger partial charge in [-0.1, -0.05) is 23.8 Å². The van der Waals surface area contributed by atoms with E-state index in [1.54, 1.807) is 12.1 Å². The van der Waals surface area contributed by atoms with Gasteiger partial charge in [0.05, 0.1) is 5.56 Å². The van der Waals surface area contributed by atoms with E-state index >= 15 is 0 Å². The van der Waals surface area contributed by atoms with E-state index in [-0.39, 0.29) is 0 Å². The van der Waals surface area contributed by atoms with Crippen molar-refractivity contribution in [2.45, 2.75) is 18.9 Å². The summed E-state index contributed by atoms with van der Waals surface area (Å²) in [5.74, 6) is 0.705. The molecule has 1 aliphatic rings. The maximum atomic E-state index is 5.92. The number of hydrogen-bond acceptors (Lipinski definition) is 3. The Morgan fingerprint density at radius 1 is 1.56 bits per heavy atom. The van der Waals surface area contributed by atoms with Gasteiger partial charge in [-0.05, 0) is 38.1 Å². The van der Waals surface area contributed by atoms with Crippen LogP contribution < -0.4 is 10.5 Å². The topological polar surface area (TPSA) is 38.5 Å². The van der Waals surface area contributed by atoms with E-state index in [2.05, 4.69) is 11.9 Å². The number of thiocarbonyl (C=S) groups is 1. The smallest absolute Gasteiger partial charge is 0.129 e. The summed E-state index contributed by atoms with van der Waals surface area (Å²) >= 11 is 10.9. The molecule has 0 amide bonds. The zero-order chi connectivity index (χ0) is 13.1. The van der Waals surface area contributed by atoms with Gasteiger partial charge in [0.25, 0.3) is 0 Å². The molecule has 0 aromatic heterocycles. The van der Waals surface area contributed by atoms with Gasteiger partial charge in [-0.15, -0.1) is 0 Å². The van der Waals surface area contributed by atoms with Crippen LogP contribution in [-0.2, 0) is 0 Å². The van der Waals surface area contributed by atoms with E-state index in [1.807, 2.05) is 6.07 Å². The fourth-order valence-electron chi connectivity index (χ4n) is 1.82. The molecule has 0 spiro atoms. The lowest BCUT2D eigenvalue weighted by Crippen LogP contribution is -2.26. The van der Waals surface area contributed by atoms with Crippen LogP contribution in [0.5, 0.6) is 5.75 Å². The Morgan fingerprint density at radius 2 is 2.28 bits per heavy atom. The molecule has 0 radical (unpaired) electrons. The highest BCUT2D eigenvalue weighted by Gasteiger charge is 2.25. The molecule has 1 aromatic rings. The number of ether oxygens (including phenoxy) is 1. The van der Waals surface area contributed by atoms with E-state index in [4.69, 9.17) is 34.3 Å². The summed E-state index contributed by atoms with van der Waals surface area (Å²) in [4.78, 5) is 2.62. The van der Waals surface area contributed by atoms with E-state index in [1.165, 1.54) is 12.8 Å². The second-order valence-electron chi connectivity index (χ2n) is 4.56. The monoisotopic (exact) mass is 284 g/mol. The summed E-state index contributed by atoms with van der Waals surface area (Å²) in [7, 11) is 2.12. The SMILES string of the molecule is CN(CCOc1ccc(Cl)cc1C(N)=S)C1CC1. The van der Waals surface area contributed by atoms with Crippen molar-refractivity contribution in [3.05, 3.63) is 28.8 Å². The summed E-state index contributed by atoms with van der Waals surface area (Å²) in [6, 6.07) is 6.08. The molecular weight excluding hydrogens is 268 g/mol. The maximum Gasteiger partial charge on any atom is 0.129 e. The molecule has 1 aromatic carbocycles. The summed E-state index contributed by atoms with van der Waals surface area (Å²) in [5, 5.41) is 0.611. The van der Waals surface area contributed by atoms with Crippen LogP contribution in [0.1, 0.15) is 18.4 Å². The second-order valence-corrected chi connectivity index (χ2v) is 5.44. The first-order valence-electron chi connectivity index (χ1n) is 6.00. The van der Waals surface area contributed by atoms with E-state index in [9.17, 15) is 0 Å². The Hall–Kier alpha value is -0.840. The van der Waals surface area contributed by atoms with Crippen LogP contribution in [0.25, 0.3) is 0 Å². The number of benzene rings is 1. The highest BCUT2D eigenvalue weighted by molar-refractivity contribution is 7.80. The minimum Gasteiger partial charge on any atom is -0.492 e. The van der Waals surface area contributed by atoms with Gasteiger partial charge in [0.1, 0.15) is 17.3 Å². The van der Waals surface area contributed by atoms with Crippen molar-refractivity contribution in [2.75, 3.05) is 20.2 Å². The first-order chi connectivity index (χ1) is 8.58. The number of rotatable bonds is 6. The largest absolute Gasteiger partial charge is 0.492 e. The van der Waals surface area contributed by atoms with Gasteiger partial charge in [-0.3, -0.25) is 0 Å². The van der Waals surface area contributed by atoms with Gasteiger partial charge in [0.15, 0.2) is 0 Å². The van der Waals surface area contributed by atoms with Gasteiger partial charge < -0.3 is 15.4 Å². The molecule has 0 unspecified atom stereocenters. The third-order valence-electron chi connectivity index (χ3n) is 3.08. The third-order valence-corrected chi connectivity index (χ3v) is 3.53. The van der Waals surface area contributed by atoms with Crippen molar-refractivity contribution < 1.29 is 4.74 Å². The first kappa shape index (κ1) is 13.6. The van der Waals surface area contributed by atoms with Crippen LogP contribution in [-0.4, -0.2) is 36.1 Å². The molecule has 2 rings (SSSR count). The lowest BCUT2D eigenvalue weighted by atomic mass is 10.2. The van der Waals surface area contributed by atoms with Crippen LogP contribution in [0.4, 0.5) is 0 Å². The predicted molar refractivity (Wildman–Crippen MR) is 78.5 cm³/mol. The van der Waals surface area contributed by atoms with E-state index < -0.39 is 0 Å². The quantitative estimate of drug-likeness (QED) is 0.815. The van der Waals surface area contributed by atoms with Crippen LogP contribution >= 0.6 is 23.8 Å². The van der Waals surface area contributed by atoms with E-state index in [0.717, 1.165) is 12.6 Å². The van der Waals surface area contributed by atoms with Crippen LogP contribution in [0.15, 0.2) is 18.2 Å². The molecule has 0 heterocycles. The van der Waals surface area contributed by atoms with Crippen molar-refractivity contribution in [1.29, 1.82) is 0 Å². The Morgan fingerprint density at radius 3 is 2.89 bits per heavy atom. The minimum absolute atomic E-state index is 0.308. The zero-order valence-electron chi connectivity index (χ0n) is 10.4. The van der Waals surface area contributed by atoms with Gasteiger partial charge in [-0.2, -0.15) is 0 Å². The third kappa shape index (κ3) is 3.57. The lowest BCUT2D eigenvalue weighted by molar-refractivity contribution is 0.231. The molecular formula is C13H17ClN2OS. The molecule has 0 saturated heterocycles. The lowest BCUT2D eigenvalue weighted by Gasteiger charge is -2.17. The molecule has 1 fully saturated rings. The molecule has 0 atom stereocenters. The number of hydrogen-bond donors (Lipinski definition) is 1. The molecule has 3 nitrogen and oxygen atoms in total. The van der Waals surface area contributed by atoms with Crippen molar-refractivity contribution in [2.24, 2.45) is 5.73 Å². The van der Waals surface area contributed by atoms with Crippen LogP contribution in [0.3, 0.4) is 0 Å². The van der Waals surface area contributed by atoms with Gasteiger partial charge >= 0.3 is 0 Å². The molecule has 18 heavy (non-hydrogen) atoms. The summed E-state index contributed by atoms with van der Waals surface area (Å²) in [5.41, 5.74) is 6.36. The minimum atomic E-state index is 0.308. The molecule has 5 heteroatoms. The highest BCUT2D eigenvalue weighted by atomic mass is 35.5. The number of nitrogens with zero attached hydrogens (tertiary/aromatic N) is 1. The molecule has 1 saturated carbocycles. The molecule has 2 N–H and O–H groups in total. The summed E-state index contributed by atoms with van der Waals surface area (Å²) in [6.07, 6.45) is 2.60. The molecule has 1 aliphatic carbocycles. The number of halogens is 1. The Balaban J connectivity index is 1.93. The Labute approximate surface area is 118 Å². The normalized spacial score (nSPS) is 14.8. The van der Waals surface area contributed by atoms with E-state index in [0.29, 0.717) is 27.9 Å². The number of nitrogens with two attached hydrogens (primary N) is 1. The number of likely N-dealkylation sites (N-methyl/N-ethyl adjacent to an activating group) is 1. The fourth-order valence-corrected chi connectivity index (χ4v) is 2.15. The second kappa shape index (κ2) is 5.87. The standard InChI is InChI=1S/C13H17ClN2OS/c1-16(10-3-4-10)6-7-17-12-5-2-9(14)8-11(12)13(15)18/h2,5,8,10H,3-4,6-7H2,1H3,(H2,15,18). The van der Waals surface area contributed by atoms with Crippen LogP contribution in [0, 0.1) is 0 Å². The maximum absolute atomic E-state index is 5.92. The highest BCUT2D eigenvalue weighted by Crippen LogP contribution is 2.25. The first-order valence-corrected chi connectivity index (χ1v) is 6.79. The van der Waals surface area contributed by atoms with Crippen molar-refractivity contribution in [3.8, 4) is 5.75 Å². The average molecular weight is 285 g/mol. The average Bonchev–Trinajstić information content (AvgIpc) is 3.14. The van der Waals surface area contributed by atoms with Crippen molar-refractivity contribution >= 4 is 28.8 Å². The zero-order valence-corrected chi connectivity index (χ0v) is 11.9. The summed E-state index contributed by atoms with van der Waals surface area (Å²) in [6.45, 7) is 1.54. The fraction of sp³-hybridized carbons (Fsp3) is 0.462. The molecule has 98 valence electrons. The van der Waals surface area contributed by atoms with Crippen LogP contribution in [0.2, 0.25) is 5.02 Å². The Kier molecular flexibility index (Phi) is 4.43. The Bertz CT molecular complexity index is 449. The van der Waals surface area contributed by atoms with Gasteiger partial charge in [0, 0.05) is 17.6 Å². The van der Waals surface area contributed by atoms with Crippen molar-refractivity contribution in [3.63, 3.8) is 0 Å². The predicted octanol–water partition coefficient (Wildman–Crippen LogP) is 2.45. The summed E-state index contributed by atoms with van der Waals surface area (Å²) < 4.78 is 5.73.